The topological polar surface area (TPSA) is 220 Å². The molecular formula is C23H32N6O7. The van der Waals surface area contributed by atoms with Crippen molar-refractivity contribution < 1.29 is 34.5 Å². The van der Waals surface area contributed by atoms with Gasteiger partial charge in [-0.15, -0.1) is 0 Å². The highest BCUT2D eigenvalue weighted by atomic mass is 16.4. The lowest BCUT2D eigenvalue weighted by Crippen LogP contribution is -2.59. The number of H-pyrrole nitrogens is 1. The third-order valence-electron chi connectivity index (χ3n) is 5.38. The number of aliphatic carboxylic acids is 1. The van der Waals surface area contributed by atoms with E-state index in [2.05, 4.69) is 25.9 Å². The molecule has 4 unspecified atom stereocenters. The summed E-state index contributed by atoms with van der Waals surface area (Å²) in [6.07, 6.45) is 2.89. The molecule has 36 heavy (non-hydrogen) atoms. The number of imidazole rings is 1. The highest BCUT2D eigenvalue weighted by Gasteiger charge is 2.32. The van der Waals surface area contributed by atoms with Crippen LogP contribution in [-0.2, 0) is 32.0 Å². The van der Waals surface area contributed by atoms with Crippen LogP contribution in [0.5, 0.6) is 5.75 Å². The molecule has 0 fully saturated rings. The van der Waals surface area contributed by atoms with Gasteiger partial charge in [0.2, 0.25) is 17.7 Å². The highest BCUT2D eigenvalue weighted by molar-refractivity contribution is 5.94. The van der Waals surface area contributed by atoms with Crippen LogP contribution in [-0.4, -0.2) is 79.8 Å². The number of aliphatic hydroxyl groups is 1. The van der Waals surface area contributed by atoms with E-state index >= 15 is 0 Å². The molecule has 0 saturated carbocycles. The van der Waals surface area contributed by atoms with Gasteiger partial charge in [0.15, 0.2) is 0 Å². The number of benzene rings is 1. The summed E-state index contributed by atoms with van der Waals surface area (Å²) < 4.78 is 0. The Hall–Kier alpha value is -3.97. The standard InChI is InChI=1S/C23H32N6O7/c1-12(2)19(22(34)27-17(23(35)36)8-14-9-25-11-26-14)29-21(33)18(10-30)28-20(32)16(24)7-13-3-5-15(31)6-4-13/h3-6,9,11-12,16-19,30-31H,7-8,10,24H2,1-2H3,(H,25,26)(H,27,34)(H,28,32)(H,29,33)(H,35,36). The molecular weight excluding hydrogens is 472 g/mol. The first-order chi connectivity index (χ1) is 17.0. The fourth-order valence-corrected chi connectivity index (χ4v) is 3.32. The molecule has 13 nitrogen and oxygen atoms in total. The van der Waals surface area contributed by atoms with Crippen LogP contribution < -0.4 is 21.7 Å². The van der Waals surface area contributed by atoms with E-state index in [0.29, 0.717) is 11.3 Å². The molecule has 1 aromatic carbocycles. The first-order valence-corrected chi connectivity index (χ1v) is 11.3. The van der Waals surface area contributed by atoms with E-state index in [-0.39, 0.29) is 18.6 Å². The lowest BCUT2D eigenvalue weighted by atomic mass is 10.0. The van der Waals surface area contributed by atoms with Gasteiger partial charge >= 0.3 is 5.97 Å². The number of aromatic hydroxyl groups is 1. The van der Waals surface area contributed by atoms with Crippen LogP contribution in [0.2, 0.25) is 0 Å². The van der Waals surface area contributed by atoms with E-state index in [0.717, 1.165) is 0 Å². The molecule has 3 amide bonds. The minimum atomic E-state index is -1.39. The molecule has 13 heteroatoms. The molecule has 2 rings (SSSR count). The van der Waals surface area contributed by atoms with E-state index in [1.807, 2.05) is 0 Å². The van der Waals surface area contributed by atoms with Crippen molar-refractivity contribution in [1.82, 2.24) is 25.9 Å². The van der Waals surface area contributed by atoms with Gasteiger partial charge in [-0.2, -0.15) is 0 Å². The molecule has 0 radical (unpaired) electrons. The number of aliphatic hydroxyl groups excluding tert-OH is 1. The van der Waals surface area contributed by atoms with Gasteiger partial charge in [0.1, 0.15) is 23.9 Å². The second-order valence-electron chi connectivity index (χ2n) is 8.63. The molecule has 0 aliphatic rings. The number of nitrogens with zero attached hydrogens (tertiary/aromatic N) is 1. The third kappa shape index (κ3) is 8.36. The number of hydrogen-bond acceptors (Lipinski definition) is 8. The molecule has 0 spiro atoms. The number of nitrogens with one attached hydrogen (secondary N) is 4. The van der Waals surface area contributed by atoms with E-state index in [1.165, 1.54) is 24.7 Å². The first-order valence-electron chi connectivity index (χ1n) is 11.3. The van der Waals surface area contributed by atoms with E-state index in [9.17, 15) is 34.5 Å². The van der Waals surface area contributed by atoms with Crippen LogP contribution in [0.15, 0.2) is 36.8 Å². The van der Waals surface area contributed by atoms with Gasteiger partial charge < -0.3 is 42.0 Å². The van der Waals surface area contributed by atoms with Crippen molar-refractivity contribution in [1.29, 1.82) is 0 Å². The second kappa shape index (κ2) is 13.2. The number of carboxylic acids is 1. The molecule has 0 saturated heterocycles. The third-order valence-corrected chi connectivity index (χ3v) is 5.38. The quantitative estimate of drug-likeness (QED) is 0.157. The van der Waals surface area contributed by atoms with Crippen LogP contribution in [0.4, 0.5) is 0 Å². The fourth-order valence-electron chi connectivity index (χ4n) is 3.32. The molecule has 2 aromatic rings. The normalized spacial score (nSPS) is 14.4. The van der Waals surface area contributed by atoms with Crippen molar-refractivity contribution >= 4 is 23.7 Å². The molecule has 196 valence electrons. The van der Waals surface area contributed by atoms with E-state index in [4.69, 9.17) is 5.73 Å². The molecule has 4 atom stereocenters. The van der Waals surface area contributed by atoms with Crippen LogP contribution in [0.1, 0.15) is 25.1 Å². The van der Waals surface area contributed by atoms with E-state index in [1.54, 1.807) is 26.0 Å². The van der Waals surface area contributed by atoms with Crippen molar-refractivity contribution in [2.24, 2.45) is 11.7 Å². The zero-order valence-corrected chi connectivity index (χ0v) is 20.0. The van der Waals surface area contributed by atoms with Gasteiger partial charge in [0.25, 0.3) is 0 Å². The number of nitrogens with two attached hydrogens (primary N) is 1. The first kappa shape index (κ1) is 28.3. The number of aromatic nitrogens is 2. The fraction of sp³-hybridized carbons (Fsp3) is 0.435. The maximum Gasteiger partial charge on any atom is 0.326 e. The molecule has 0 bridgehead atoms. The van der Waals surface area contributed by atoms with Crippen molar-refractivity contribution in [3.05, 3.63) is 48.0 Å². The van der Waals surface area contributed by atoms with Gasteiger partial charge in [-0.05, 0) is 30.0 Å². The smallest absolute Gasteiger partial charge is 0.326 e. The predicted molar refractivity (Wildman–Crippen MR) is 127 cm³/mol. The number of rotatable bonds is 13. The van der Waals surface area contributed by atoms with E-state index < -0.39 is 60.4 Å². The number of hydrogen-bond donors (Lipinski definition) is 8. The molecule has 0 aliphatic heterocycles. The average molecular weight is 505 g/mol. The number of carbonyl (C=O) groups excluding carboxylic acids is 3. The van der Waals surface area contributed by atoms with Gasteiger partial charge in [0, 0.05) is 18.3 Å². The summed E-state index contributed by atoms with van der Waals surface area (Å²) in [6, 6.07) is 1.25. The lowest BCUT2D eigenvalue weighted by molar-refractivity contribution is -0.142. The Morgan fingerprint density at radius 3 is 2.14 bits per heavy atom. The Kier molecular flexibility index (Phi) is 10.4. The Morgan fingerprint density at radius 2 is 1.61 bits per heavy atom. The number of phenols is 1. The summed E-state index contributed by atoms with van der Waals surface area (Å²) in [5.41, 5.74) is 7.09. The molecule has 1 heterocycles. The summed E-state index contributed by atoms with van der Waals surface area (Å²) in [7, 11) is 0. The maximum absolute atomic E-state index is 12.8. The van der Waals surface area contributed by atoms with Crippen molar-refractivity contribution in [2.75, 3.05) is 6.61 Å². The van der Waals surface area contributed by atoms with Crippen LogP contribution in [0.25, 0.3) is 0 Å². The SMILES string of the molecule is CC(C)C(NC(=O)C(CO)NC(=O)C(N)Cc1ccc(O)cc1)C(=O)NC(Cc1cnc[nH]1)C(=O)O. The highest BCUT2D eigenvalue weighted by Crippen LogP contribution is 2.11. The average Bonchev–Trinajstić information content (AvgIpc) is 3.34. The minimum absolute atomic E-state index is 0.0475. The predicted octanol–water partition coefficient (Wildman–Crippen LogP) is -1.58. The van der Waals surface area contributed by atoms with Crippen LogP contribution in [0.3, 0.4) is 0 Å². The summed E-state index contributed by atoms with van der Waals surface area (Å²) in [5.74, 6) is -3.92. The van der Waals surface area contributed by atoms with Crippen LogP contribution >= 0.6 is 0 Å². The van der Waals surface area contributed by atoms with Crippen molar-refractivity contribution in [3.63, 3.8) is 0 Å². The van der Waals surface area contributed by atoms with Gasteiger partial charge in [0.05, 0.1) is 19.0 Å². The van der Waals surface area contributed by atoms with Gasteiger partial charge in [-0.3, -0.25) is 14.4 Å². The maximum atomic E-state index is 12.8. The number of aromatic amines is 1. The number of phenolic OH excluding ortho intramolecular Hbond substituents is 1. The molecule has 0 aliphatic carbocycles. The summed E-state index contributed by atoms with van der Waals surface area (Å²) in [4.78, 5) is 56.3. The number of amides is 3. The summed E-state index contributed by atoms with van der Waals surface area (Å²) in [6.45, 7) is 2.54. The van der Waals surface area contributed by atoms with Gasteiger partial charge in [-0.25, -0.2) is 9.78 Å². The summed E-state index contributed by atoms with van der Waals surface area (Å²) >= 11 is 0. The number of carboxylic acid groups (broad SMARTS) is 1. The summed E-state index contributed by atoms with van der Waals surface area (Å²) in [5, 5.41) is 35.7. The monoisotopic (exact) mass is 504 g/mol. The Balaban J connectivity index is 2.00. The molecule has 1 aromatic heterocycles. The van der Waals surface area contributed by atoms with Crippen molar-refractivity contribution in [2.45, 2.75) is 50.9 Å². The Bertz CT molecular complexity index is 1030. The zero-order chi connectivity index (χ0) is 26.8. The largest absolute Gasteiger partial charge is 0.508 e. The van der Waals surface area contributed by atoms with Gasteiger partial charge in [-0.1, -0.05) is 26.0 Å². The number of carbonyl (C=O) groups is 4. The molecule has 9 N–H and O–H groups in total. The zero-order valence-electron chi connectivity index (χ0n) is 20.0. The van der Waals surface area contributed by atoms with Crippen LogP contribution in [0, 0.1) is 5.92 Å². The Morgan fingerprint density at radius 1 is 0.972 bits per heavy atom. The second-order valence-corrected chi connectivity index (χ2v) is 8.63. The lowest BCUT2D eigenvalue weighted by Gasteiger charge is -2.26. The Labute approximate surface area is 207 Å². The minimum Gasteiger partial charge on any atom is -0.508 e. The van der Waals surface area contributed by atoms with Crippen molar-refractivity contribution in [3.8, 4) is 5.75 Å².